The van der Waals surface area contributed by atoms with Crippen LogP contribution < -0.4 is 52.3 Å². The van der Waals surface area contributed by atoms with E-state index in [1.807, 2.05) is 159 Å². The second-order valence-corrected chi connectivity index (χ2v) is 42.2. The monoisotopic (exact) mass is 1970 g/mol. The van der Waals surface area contributed by atoms with Gasteiger partial charge in [0.1, 0.15) is 36.6 Å². The number of anilines is 5. The maximum Gasteiger partial charge on any atom is 0.271 e. The van der Waals surface area contributed by atoms with Gasteiger partial charge in [0, 0.05) is 147 Å². The third kappa shape index (κ3) is 26.8. The average Bonchev–Trinajstić information content (AvgIpc) is 0.997. The number of alkyl halides is 1. The summed E-state index contributed by atoms with van der Waals surface area (Å²) in [5.74, 6) is 2.17. The smallest absolute Gasteiger partial charge is 0.271 e. The Kier molecular flexibility index (Phi) is 36.5. The number of unbranched alkanes of at least 4 members (excludes halogenated alkanes) is 3. The Morgan fingerprint density at radius 3 is 1.09 bits per heavy atom. The number of benzene rings is 5. The summed E-state index contributed by atoms with van der Waals surface area (Å²) >= 11 is 32.1. The Hall–Kier alpha value is -9.00. The molecule has 0 atom stereocenters. The van der Waals surface area contributed by atoms with Gasteiger partial charge in [-0.05, 0) is 242 Å². The Morgan fingerprint density at radius 1 is 0.365 bits per heavy atom. The van der Waals surface area contributed by atoms with E-state index in [1.165, 1.54) is 48.4 Å². The molecule has 0 amide bonds. The molecule has 137 heavy (non-hydrogen) atoms. The standard InChI is InChI=1S/C23H30ClFN2O2.2C23H31ClN2O2.C21H24ClFN2O.C21H25ClN2O2/c1-4-5-11-27-14-10-20(21(24)22(27)28)26-12-8-16(9-13-26)18-7-6-17(15-19(18)25)23(2,3)29;1-4-5-13-26-16-12-20(21(24)22(26)27)25-14-10-18(11-15-25)17-6-8-19(9-7-17)23(2,3)28;1-4-5-13-26-16-12-20(21(24)22(26)27)25-14-10-17(11-15-25)18-8-6-7-9-19(18)23(2,3)28;22-19-18(9-13-25(20(19)26)12-8-16-6-7-16)24-14-10-21(23,11-15-24)17-4-2-1-3-5-17;22-19-18(8-11-24(20(19)26)14-16-6-7-16)23-12-9-21(15-25,10-13-23)17-4-2-1-3-5-17/h6-7,10,14-16,29H,4-5,8-9,11-13H2,1-3H3;6-9,12,16,18,28H,4-5,10-11,13-15H2,1-3H3;6-9,12,16-17,28H,4-5,10-11,13-15H2,1-3H3;1-5,9,13,16H,6-8,10-12,14-15H2;1-5,8,11,16,25H,6-7,9-10,12-15H2. The number of aliphatic hydroxyl groups is 4. The zero-order valence-corrected chi connectivity index (χ0v) is 85.2. The van der Waals surface area contributed by atoms with Crippen molar-refractivity contribution in [2.75, 3.05) is 96.6 Å². The number of pyridine rings is 5. The summed E-state index contributed by atoms with van der Waals surface area (Å²) in [5, 5.41) is 42.3. The second-order valence-electron chi connectivity index (χ2n) is 40.3. The van der Waals surface area contributed by atoms with E-state index in [9.17, 15) is 48.8 Å². The minimum atomic E-state index is -1.30. The van der Waals surface area contributed by atoms with Crippen LogP contribution in [-0.2, 0) is 60.6 Å². The Labute approximate surface area is 832 Å². The van der Waals surface area contributed by atoms with Crippen molar-refractivity contribution in [3.8, 4) is 0 Å². The van der Waals surface area contributed by atoms with Crippen LogP contribution in [0.3, 0.4) is 0 Å². The number of rotatable bonds is 28. The first kappa shape index (κ1) is 105. The van der Waals surface area contributed by atoms with Gasteiger partial charge in [0.25, 0.3) is 27.8 Å². The molecule has 2 saturated carbocycles. The van der Waals surface area contributed by atoms with Crippen molar-refractivity contribution in [3.05, 3.63) is 316 Å². The molecule has 0 spiro atoms. The van der Waals surface area contributed by atoms with Crippen molar-refractivity contribution in [3.63, 3.8) is 0 Å². The molecule has 26 heteroatoms. The largest absolute Gasteiger partial charge is 0.395 e. The second kappa shape index (κ2) is 47.5. The SMILES string of the molecule is CCCCn1ccc(N2CCC(c3ccc(C(C)(C)O)cc3)CC2)c(Cl)c1=O.CCCCn1ccc(N2CCC(c3ccc(C(C)(C)O)cc3F)CC2)c(Cl)c1=O.CCCCn1ccc(N2CCC(c3ccccc3C(C)(C)O)CC2)c(Cl)c1=O.O=c1c(Cl)c(N2CCC(CO)(c3ccccc3)CC2)ccn1CC1CC1.O=c1c(Cl)c(N2CCC(F)(c3ccccc3)CC2)ccn1CCC1CC1. The third-order valence-electron chi connectivity index (χ3n) is 29.1. The van der Waals surface area contributed by atoms with Crippen molar-refractivity contribution in [1.29, 1.82) is 0 Å². The maximum atomic E-state index is 15.3. The van der Waals surface area contributed by atoms with Crippen molar-refractivity contribution >= 4 is 86.4 Å². The first-order valence-electron chi connectivity index (χ1n) is 49.8. The summed E-state index contributed by atoms with van der Waals surface area (Å²) in [5.41, 5.74) is 6.93. The Balaban J connectivity index is 0.000000145. The van der Waals surface area contributed by atoms with Gasteiger partial charge < -0.3 is 67.8 Å². The zero-order valence-electron chi connectivity index (χ0n) is 81.4. The number of hydrogen-bond acceptors (Lipinski definition) is 14. The fraction of sp³-hybridized carbons (Fsp3) is 0.505. The molecular formula is C111H141Cl5F2N10O9. The lowest BCUT2D eigenvalue weighted by molar-refractivity contribution is 0.0767. The lowest BCUT2D eigenvalue weighted by Crippen LogP contribution is -2.45. The molecule has 5 aliphatic heterocycles. The van der Waals surface area contributed by atoms with Gasteiger partial charge >= 0.3 is 0 Å². The summed E-state index contributed by atoms with van der Waals surface area (Å²) < 4.78 is 38.5. The highest BCUT2D eigenvalue weighted by Crippen LogP contribution is 2.44. The number of aromatic nitrogens is 5. The molecule has 0 radical (unpaired) electrons. The van der Waals surface area contributed by atoms with Gasteiger partial charge in [0.05, 0.1) is 51.8 Å². The summed E-state index contributed by atoms with van der Waals surface area (Å²) in [6.45, 7) is 28.2. The van der Waals surface area contributed by atoms with Crippen LogP contribution in [0.1, 0.15) is 259 Å². The molecule has 17 rings (SSSR count). The molecule has 0 bridgehead atoms. The zero-order chi connectivity index (χ0) is 98.1. The number of aryl methyl sites for hydroxylation is 4. The minimum Gasteiger partial charge on any atom is -0.395 e. The van der Waals surface area contributed by atoms with E-state index in [0.717, 1.165) is 219 Å². The van der Waals surface area contributed by atoms with E-state index in [-0.39, 0.29) is 61.6 Å². The fourth-order valence-corrected chi connectivity index (χ4v) is 21.3. The van der Waals surface area contributed by atoms with Crippen molar-refractivity contribution in [1.82, 2.24) is 22.8 Å². The number of halogens is 7. The molecule has 7 aliphatic rings. The van der Waals surface area contributed by atoms with Crippen LogP contribution in [0.25, 0.3) is 0 Å². The first-order valence-corrected chi connectivity index (χ1v) is 51.7. The molecule has 2 aliphatic carbocycles. The van der Waals surface area contributed by atoms with Crippen molar-refractivity contribution in [2.45, 2.75) is 276 Å². The molecule has 5 aromatic carbocycles. The van der Waals surface area contributed by atoms with Crippen LogP contribution in [0.2, 0.25) is 25.1 Å². The maximum absolute atomic E-state index is 15.3. The lowest BCUT2D eigenvalue weighted by Gasteiger charge is -2.42. The quantitative estimate of drug-likeness (QED) is 0.0360. The number of nitrogens with zero attached hydrogens (tertiary/aromatic N) is 10. The van der Waals surface area contributed by atoms with Crippen LogP contribution >= 0.6 is 58.0 Å². The van der Waals surface area contributed by atoms with Crippen LogP contribution in [-0.4, -0.2) is 115 Å². The number of hydrogen-bond donors (Lipinski definition) is 4. The molecule has 10 heterocycles. The highest BCUT2D eigenvalue weighted by molar-refractivity contribution is 6.34. The van der Waals surface area contributed by atoms with Gasteiger partial charge in [-0.25, -0.2) is 8.78 Å². The molecule has 0 unspecified atom stereocenters. The lowest BCUT2D eigenvalue weighted by atomic mass is 9.73. The molecule has 4 N–H and O–H groups in total. The Bertz CT molecular complexity index is 5940. The summed E-state index contributed by atoms with van der Waals surface area (Å²) in [6.07, 6.45) is 29.4. The van der Waals surface area contributed by atoms with Gasteiger partial charge in [-0.2, -0.15) is 0 Å². The van der Waals surface area contributed by atoms with Gasteiger partial charge in [0.2, 0.25) is 0 Å². The number of piperidine rings is 5. The van der Waals surface area contributed by atoms with E-state index in [1.54, 1.807) is 62.7 Å². The summed E-state index contributed by atoms with van der Waals surface area (Å²) in [6, 6.07) is 50.9. The molecule has 19 nitrogen and oxygen atoms in total. The predicted molar refractivity (Wildman–Crippen MR) is 558 cm³/mol. The van der Waals surface area contributed by atoms with E-state index in [0.29, 0.717) is 83.0 Å². The highest BCUT2D eigenvalue weighted by atomic mass is 35.5. The Morgan fingerprint density at radius 2 is 0.708 bits per heavy atom. The fourth-order valence-electron chi connectivity index (χ4n) is 19.8. The first-order chi connectivity index (χ1) is 65.5. The third-order valence-corrected chi connectivity index (χ3v) is 30.8. The van der Waals surface area contributed by atoms with Crippen molar-refractivity contribution < 1.29 is 29.2 Å². The van der Waals surface area contributed by atoms with E-state index in [2.05, 4.69) is 70.7 Å². The topological polar surface area (TPSA) is 207 Å². The average molecular weight is 1970 g/mol. The molecule has 738 valence electrons. The predicted octanol–water partition coefficient (Wildman–Crippen LogP) is 23.1. The van der Waals surface area contributed by atoms with Crippen LogP contribution in [0.15, 0.2) is 213 Å². The normalized spacial score (nSPS) is 17.2. The minimum absolute atomic E-state index is 0.0851. The van der Waals surface area contributed by atoms with Gasteiger partial charge in [0.15, 0.2) is 0 Å². The van der Waals surface area contributed by atoms with Crippen LogP contribution in [0.4, 0.5) is 37.2 Å². The number of aliphatic hydroxyl groups excluding tert-OH is 1. The van der Waals surface area contributed by atoms with E-state index >= 15 is 4.39 Å². The summed E-state index contributed by atoms with van der Waals surface area (Å²) in [7, 11) is 0. The van der Waals surface area contributed by atoms with E-state index < -0.39 is 22.5 Å². The van der Waals surface area contributed by atoms with Gasteiger partial charge in [-0.3, -0.25) is 24.0 Å². The van der Waals surface area contributed by atoms with E-state index in [4.69, 9.17) is 58.0 Å². The van der Waals surface area contributed by atoms with Crippen LogP contribution in [0, 0.1) is 17.7 Å². The van der Waals surface area contributed by atoms with Gasteiger partial charge in [-0.15, -0.1) is 0 Å². The molecule has 5 aromatic heterocycles. The van der Waals surface area contributed by atoms with Gasteiger partial charge in [-0.1, -0.05) is 232 Å². The molecule has 10 aromatic rings. The highest BCUT2D eigenvalue weighted by Gasteiger charge is 2.40. The molecule has 5 saturated heterocycles. The summed E-state index contributed by atoms with van der Waals surface area (Å²) in [4.78, 5) is 73.5. The van der Waals surface area contributed by atoms with Crippen molar-refractivity contribution in [2.24, 2.45) is 11.8 Å². The molecule has 7 fully saturated rings. The van der Waals surface area contributed by atoms with Crippen LogP contribution in [0.5, 0.6) is 0 Å². The molecular weight excluding hydrogens is 1830 g/mol.